The SMILES string of the molecule is O=C(CN1CCN(C(=O)c2csc(Nc3ccc(Cl)c(Cl)c3)n2)CC1)NCCN1CCOCC1. The van der Waals surface area contributed by atoms with Gasteiger partial charge in [0.2, 0.25) is 5.91 Å². The van der Waals surface area contributed by atoms with E-state index in [2.05, 4.69) is 25.4 Å². The molecule has 0 saturated carbocycles. The molecule has 4 rings (SSSR count). The number of nitrogens with one attached hydrogen (secondary N) is 2. The molecule has 3 heterocycles. The molecule has 0 bridgehead atoms. The number of benzene rings is 1. The third-order valence-electron chi connectivity index (χ3n) is 5.77. The minimum Gasteiger partial charge on any atom is -0.379 e. The van der Waals surface area contributed by atoms with Gasteiger partial charge in [-0.25, -0.2) is 4.98 Å². The first kappa shape index (κ1) is 25.2. The normalized spacial score (nSPS) is 17.5. The molecular weight excluding hydrogens is 499 g/mol. The fourth-order valence-electron chi connectivity index (χ4n) is 3.84. The molecule has 2 fully saturated rings. The van der Waals surface area contributed by atoms with Gasteiger partial charge in [-0.3, -0.25) is 19.4 Å². The summed E-state index contributed by atoms with van der Waals surface area (Å²) in [6, 6.07) is 5.22. The van der Waals surface area contributed by atoms with Crippen molar-refractivity contribution in [3.05, 3.63) is 39.3 Å². The molecule has 2 N–H and O–H groups in total. The predicted molar refractivity (Wildman–Crippen MR) is 134 cm³/mol. The van der Waals surface area contributed by atoms with Crippen LogP contribution in [0.4, 0.5) is 10.8 Å². The molecule has 2 aliphatic heterocycles. The minimum atomic E-state index is -0.104. The van der Waals surface area contributed by atoms with E-state index in [1.165, 1.54) is 11.3 Å². The predicted octanol–water partition coefficient (Wildman–Crippen LogP) is 2.40. The summed E-state index contributed by atoms with van der Waals surface area (Å²) < 4.78 is 5.34. The lowest BCUT2D eigenvalue weighted by molar-refractivity contribution is -0.122. The maximum absolute atomic E-state index is 12.9. The number of halogens is 2. The number of ether oxygens (including phenoxy) is 1. The first-order valence-corrected chi connectivity index (χ1v) is 12.9. The summed E-state index contributed by atoms with van der Waals surface area (Å²) in [5.74, 6) is -0.0846. The van der Waals surface area contributed by atoms with E-state index in [9.17, 15) is 9.59 Å². The van der Waals surface area contributed by atoms with Crippen molar-refractivity contribution in [1.29, 1.82) is 0 Å². The number of hydrogen-bond acceptors (Lipinski definition) is 8. The van der Waals surface area contributed by atoms with Crippen molar-refractivity contribution in [2.24, 2.45) is 0 Å². The molecule has 0 radical (unpaired) electrons. The van der Waals surface area contributed by atoms with E-state index in [0.717, 1.165) is 38.5 Å². The summed E-state index contributed by atoms with van der Waals surface area (Å²) in [4.78, 5) is 35.7. The van der Waals surface area contributed by atoms with Crippen LogP contribution in [-0.4, -0.2) is 104 Å². The first-order chi connectivity index (χ1) is 16.5. The van der Waals surface area contributed by atoms with Crippen LogP contribution in [0.3, 0.4) is 0 Å². The Morgan fingerprint density at radius 3 is 2.53 bits per heavy atom. The molecule has 0 atom stereocenters. The van der Waals surface area contributed by atoms with E-state index in [-0.39, 0.29) is 11.8 Å². The van der Waals surface area contributed by atoms with Crippen molar-refractivity contribution in [2.75, 3.05) is 77.4 Å². The highest BCUT2D eigenvalue weighted by Gasteiger charge is 2.25. The van der Waals surface area contributed by atoms with Gasteiger partial charge in [-0.1, -0.05) is 23.2 Å². The number of morpholine rings is 1. The van der Waals surface area contributed by atoms with E-state index >= 15 is 0 Å². The van der Waals surface area contributed by atoms with Crippen molar-refractivity contribution >= 4 is 57.2 Å². The first-order valence-electron chi connectivity index (χ1n) is 11.2. The number of carbonyl (C=O) groups excluding carboxylic acids is 2. The lowest BCUT2D eigenvalue weighted by Gasteiger charge is -2.34. The smallest absolute Gasteiger partial charge is 0.273 e. The summed E-state index contributed by atoms with van der Waals surface area (Å²) in [7, 11) is 0. The van der Waals surface area contributed by atoms with Gasteiger partial charge in [-0.05, 0) is 18.2 Å². The van der Waals surface area contributed by atoms with E-state index in [1.54, 1.807) is 28.5 Å². The zero-order chi connectivity index (χ0) is 23.9. The second-order valence-corrected chi connectivity index (χ2v) is 9.84. The Labute approximate surface area is 213 Å². The highest BCUT2D eigenvalue weighted by Crippen LogP contribution is 2.28. The highest BCUT2D eigenvalue weighted by atomic mass is 35.5. The number of nitrogens with zero attached hydrogens (tertiary/aromatic N) is 4. The lowest BCUT2D eigenvalue weighted by Crippen LogP contribution is -2.51. The van der Waals surface area contributed by atoms with Crippen molar-refractivity contribution < 1.29 is 14.3 Å². The largest absolute Gasteiger partial charge is 0.379 e. The molecule has 1 aromatic heterocycles. The summed E-state index contributed by atoms with van der Waals surface area (Å²) in [5, 5.41) is 9.42. The van der Waals surface area contributed by atoms with Crippen molar-refractivity contribution in [3.63, 3.8) is 0 Å². The number of rotatable bonds is 8. The van der Waals surface area contributed by atoms with Crippen LogP contribution in [0.2, 0.25) is 10.0 Å². The number of anilines is 2. The quantitative estimate of drug-likeness (QED) is 0.545. The fraction of sp³-hybridized carbons (Fsp3) is 0.500. The molecule has 9 nitrogen and oxygen atoms in total. The van der Waals surface area contributed by atoms with Gasteiger partial charge in [0.15, 0.2) is 5.13 Å². The van der Waals surface area contributed by atoms with Gasteiger partial charge < -0.3 is 20.3 Å². The van der Waals surface area contributed by atoms with Crippen LogP contribution in [0.15, 0.2) is 23.6 Å². The average Bonchev–Trinajstić information content (AvgIpc) is 3.30. The number of aromatic nitrogens is 1. The van der Waals surface area contributed by atoms with Crippen LogP contribution >= 0.6 is 34.5 Å². The van der Waals surface area contributed by atoms with Crippen molar-refractivity contribution in [2.45, 2.75) is 0 Å². The zero-order valence-electron chi connectivity index (χ0n) is 18.8. The van der Waals surface area contributed by atoms with Crippen LogP contribution in [0.1, 0.15) is 10.5 Å². The Balaban J connectivity index is 1.18. The van der Waals surface area contributed by atoms with Gasteiger partial charge >= 0.3 is 0 Å². The summed E-state index contributed by atoms with van der Waals surface area (Å²) in [5.41, 5.74) is 1.15. The van der Waals surface area contributed by atoms with Crippen LogP contribution in [0.25, 0.3) is 0 Å². The van der Waals surface area contributed by atoms with Gasteiger partial charge in [0.05, 0.1) is 29.8 Å². The maximum atomic E-state index is 12.9. The third kappa shape index (κ3) is 7.03. The monoisotopic (exact) mass is 526 g/mol. The topological polar surface area (TPSA) is 90.0 Å². The van der Waals surface area contributed by atoms with E-state index in [1.807, 2.05) is 0 Å². The van der Waals surface area contributed by atoms with Crippen LogP contribution < -0.4 is 10.6 Å². The Morgan fingerprint density at radius 1 is 1.03 bits per heavy atom. The number of carbonyl (C=O) groups is 2. The summed E-state index contributed by atoms with van der Waals surface area (Å²) in [6.45, 7) is 7.60. The minimum absolute atomic E-state index is 0.0190. The number of piperazine rings is 1. The fourth-order valence-corrected chi connectivity index (χ4v) is 4.84. The Kier molecular flexibility index (Phi) is 8.98. The summed E-state index contributed by atoms with van der Waals surface area (Å²) >= 11 is 13.4. The lowest BCUT2D eigenvalue weighted by atomic mass is 10.3. The summed E-state index contributed by atoms with van der Waals surface area (Å²) in [6.07, 6.45) is 0. The Morgan fingerprint density at radius 2 is 1.79 bits per heavy atom. The molecule has 2 aromatic rings. The van der Waals surface area contributed by atoms with Gasteiger partial charge in [0.1, 0.15) is 5.69 Å². The van der Waals surface area contributed by atoms with Crippen LogP contribution in [-0.2, 0) is 9.53 Å². The molecule has 2 aliphatic rings. The average molecular weight is 527 g/mol. The molecule has 0 aliphatic carbocycles. The van der Waals surface area contributed by atoms with Gasteiger partial charge in [0.25, 0.3) is 5.91 Å². The molecular formula is C22H28Cl2N6O3S. The molecule has 0 spiro atoms. The van der Waals surface area contributed by atoms with Crippen LogP contribution in [0.5, 0.6) is 0 Å². The van der Waals surface area contributed by atoms with Gasteiger partial charge in [-0.15, -0.1) is 11.3 Å². The molecule has 0 unspecified atom stereocenters. The standard InChI is InChI=1S/C22H28Cl2N6O3S/c23-17-2-1-16(13-18(17)24)26-22-27-19(15-34-22)21(32)30-7-5-29(6-8-30)14-20(31)25-3-4-28-9-11-33-12-10-28/h1-2,13,15H,3-12,14H2,(H,25,31)(H,26,27). The molecule has 34 heavy (non-hydrogen) atoms. The molecule has 1 aromatic carbocycles. The third-order valence-corrected chi connectivity index (χ3v) is 7.27. The highest BCUT2D eigenvalue weighted by molar-refractivity contribution is 7.14. The van der Waals surface area contributed by atoms with E-state index in [4.69, 9.17) is 27.9 Å². The maximum Gasteiger partial charge on any atom is 0.273 e. The van der Waals surface area contributed by atoms with Crippen molar-refractivity contribution in [1.82, 2.24) is 25.0 Å². The van der Waals surface area contributed by atoms with Gasteiger partial charge in [-0.2, -0.15) is 0 Å². The molecule has 2 amide bonds. The van der Waals surface area contributed by atoms with E-state index in [0.29, 0.717) is 60.1 Å². The Hall–Kier alpha value is -1.95. The number of amides is 2. The Bertz CT molecular complexity index is 993. The van der Waals surface area contributed by atoms with Crippen LogP contribution in [0, 0.1) is 0 Å². The number of hydrogen-bond donors (Lipinski definition) is 2. The number of thiazole rings is 1. The molecule has 12 heteroatoms. The van der Waals surface area contributed by atoms with Gasteiger partial charge in [0, 0.05) is 63.4 Å². The molecule has 2 saturated heterocycles. The second-order valence-electron chi connectivity index (χ2n) is 8.16. The molecule has 184 valence electrons. The van der Waals surface area contributed by atoms with Crippen molar-refractivity contribution in [3.8, 4) is 0 Å². The van der Waals surface area contributed by atoms with E-state index < -0.39 is 0 Å². The second kappa shape index (κ2) is 12.1. The zero-order valence-corrected chi connectivity index (χ0v) is 21.1.